The SMILES string of the molecule is Oc1ccccc1-c1nnc(CN[C@@H]2[C@@H](C(F)(F)F)[C@@H]3CC[C@H]2O3)o1. The summed E-state index contributed by atoms with van der Waals surface area (Å²) in [4.78, 5) is 0. The molecule has 3 heterocycles. The van der Waals surface area contributed by atoms with Gasteiger partial charge < -0.3 is 19.6 Å². The average Bonchev–Trinajstić information content (AvgIpc) is 3.28. The zero-order chi connectivity index (χ0) is 17.6. The molecule has 9 heteroatoms. The van der Waals surface area contributed by atoms with Gasteiger partial charge in [-0.25, -0.2) is 0 Å². The minimum atomic E-state index is -4.31. The molecule has 2 aliphatic heterocycles. The van der Waals surface area contributed by atoms with Gasteiger partial charge >= 0.3 is 6.18 Å². The molecule has 2 N–H and O–H groups in total. The Morgan fingerprint density at radius 3 is 2.68 bits per heavy atom. The Bertz CT molecular complexity index is 764. The largest absolute Gasteiger partial charge is 0.507 e. The van der Waals surface area contributed by atoms with E-state index >= 15 is 0 Å². The number of phenols is 1. The van der Waals surface area contributed by atoms with Gasteiger partial charge in [0, 0.05) is 6.04 Å². The second-order valence-corrected chi connectivity index (χ2v) is 6.28. The first-order valence-corrected chi connectivity index (χ1v) is 8.00. The molecular weight excluding hydrogens is 339 g/mol. The van der Waals surface area contributed by atoms with Crippen LogP contribution in [0.4, 0.5) is 13.2 Å². The molecule has 2 fully saturated rings. The second-order valence-electron chi connectivity index (χ2n) is 6.28. The van der Waals surface area contributed by atoms with Gasteiger partial charge in [-0.3, -0.25) is 0 Å². The Hall–Kier alpha value is -2.13. The van der Waals surface area contributed by atoms with Crippen LogP contribution >= 0.6 is 0 Å². The minimum Gasteiger partial charge on any atom is -0.507 e. The summed E-state index contributed by atoms with van der Waals surface area (Å²) in [5.74, 6) is -1.26. The fourth-order valence-electron chi connectivity index (χ4n) is 3.65. The van der Waals surface area contributed by atoms with Crippen LogP contribution in [0.3, 0.4) is 0 Å². The standard InChI is InChI=1S/C16H16F3N3O3/c17-16(18,19)13-10-5-6-11(24-10)14(13)20-7-12-21-22-15(25-12)8-3-1-2-4-9(8)23/h1-4,10-11,13-14,20,23H,5-7H2/t10-,11+,13-,14-/m0/s1. The molecule has 2 aliphatic rings. The number of phenolic OH excluding ortho intramolecular Hbond substituents is 1. The van der Waals surface area contributed by atoms with Crippen molar-refractivity contribution in [2.45, 2.75) is 43.8 Å². The van der Waals surface area contributed by atoms with Crippen LogP contribution in [-0.2, 0) is 11.3 Å². The van der Waals surface area contributed by atoms with Crippen LogP contribution in [-0.4, -0.2) is 39.7 Å². The molecule has 0 radical (unpaired) electrons. The first-order chi connectivity index (χ1) is 11.9. The van der Waals surface area contributed by atoms with Gasteiger partial charge in [0.2, 0.25) is 5.89 Å². The number of hydrogen-bond acceptors (Lipinski definition) is 6. The Morgan fingerprint density at radius 1 is 1.16 bits per heavy atom. The molecule has 0 saturated carbocycles. The maximum atomic E-state index is 13.3. The lowest BCUT2D eigenvalue weighted by Gasteiger charge is -2.29. The van der Waals surface area contributed by atoms with Gasteiger partial charge in [0.25, 0.3) is 5.89 Å². The van der Waals surface area contributed by atoms with Crippen molar-refractivity contribution in [3.05, 3.63) is 30.2 Å². The molecule has 0 unspecified atom stereocenters. The smallest absolute Gasteiger partial charge is 0.395 e. The normalized spacial score (nSPS) is 28.6. The molecule has 0 aliphatic carbocycles. The number of benzene rings is 1. The van der Waals surface area contributed by atoms with E-state index < -0.39 is 30.3 Å². The quantitative estimate of drug-likeness (QED) is 0.878. The summed E-state index contributed by atoms with van der Waals surface area (Å²) >= 11 is 0. The van der Waals surface area contributed by atoms with E-state index in [1.165, 1.54) is 6.07 Å². The molecule has 0 spiro atoms. The van der Waals surface area contributed by atoms with Gasteiger partial charge in [0.05, 0.1) is 30.2 Å². The third-order valence-corrected chi connectivity index (χ3v) is 4.74. The summed E-state index contributed by atoms with van der Waals surface area (Å²) in [6.07, 6.45) is -4.49. The highest BCUT2D eigenvalue weighted by Crippen LogP contribution is 2.47. The lowest BCUT2D eigenvalue weighted by molar-refractivity contribution is -0.190. The molecule has 2 bridgehead atoms. The van der Waals surface area contributed by atoms with E-state index in [0.29, 0.717) is 18.4 Å². The summed E-state index contributed by atoms with van der Waals surface area (Å²) in [6, 6.07) is 5.64. The Balaban J connectivity index is 1.46. The van der Waals surface area contributed by atoms with Crippen LogP contribution < -0.4 is 5.32 Å². The molecule has 134 valence electrons. The summed E-state index contributed by atoms with van der Waals surface area (Å²) in [6.45, 7) is 0.00439. The summed E-state index contributed by atoms with van der Waals surface area (Å²) in [5.41, 5.74) is 0.373. The highest BCUT2D eigenvalue weighted by molar-refractivity contribution is 5.61. The molecule has 0 amide bonds. The van der Waals surface area contributed by atoms with Crippen LogP contribution in [0.15, 0.2) is 28.7 Å². The topological polar surface area (TPSA) is 80.4 Å². The highest BCUT2D eigenvalue weighted by atomic mass is 19.4. The van der Waals surface area contributed by atoms with E-state index in [1.807, 2.05) is 0 Å². The van der Waals surface area contributed by atoms with Gasteiger partial charge in [-0.15, -0.1) is 10.2 Å². The Kier molecular flexibility index (Phi) is 3.92. The molecular formula is C16H16F3N3O3. The van der Waals surface area contributed by atoms with Crippen molar-refractivity contribution >= 4 is 0 Å². The first-order valence-electron chi connectivity index (χ1n) is 8.00. The summed E-state index contributed by atoms with van der Waals surface area (Å²) in [5, 5.41) is 20.3. The minimum absolute atomic E-state index is 0.00439. The maximum absolute atomic E-state index is 13.3. The lowest BCUT2D eigenvalue weighted by Crippen LogP contribution is -2.49. The van der Waals surface area contributed by atoms with Crippen LogP contribution in [0, 0.1) is 5.92 Å². The molecule has 4 rings (SSSR count). The number of aromatic hydroxyl groups is 1. The number of para-hydroxylation sites is 1. The van der Waals surface area contributed by atoms with Crippen molar-refractivity contribution in [3.63, 3.8) is 0 Å². The van der Waals surface area contributed by atoms with Crippen LogP contribution in [0.25, 0.3) is 11.5 Å². The van der Waals surface area contributed by atoms with E-state index in [2.05, 4.69) is 15.5 Å². The number of fused-ring (bicyclic) bond motifs is 2. The Morgan fingerprint density at radius 2 is 1.92 bits per heavy atom. The first kappa shape index (κ1) is 16.3. The second kappa shape index (κ2) is 5.99. The van der Waals surface area contributed by atoms with E-state index in [9.17, 15) is 18.3 Å². The molecule has 2 saturated heterocycles. The summed E-state index contributed by atoms with van der Waals surface area (Å²) in [7, 11) is 0. The number of ether oxygens (including phenoxy) is 1. The average molecular weight is 355 g/mol. The maximum Gasteiger partial charge on any atom is 0.395 e. The number of alkyl halides is 3. The predicted octanol–water partition coefficient (Wildman–Crippen LogP) is 2.64. The molecule has 1 aromatic heterocycles. The molecule has 1 aromatic carbocycles. The number of nitrogens with zero attached hydrogens (tertiary/aromatic N) is 2. The van der Waals surface area contributed by atoms with Gasteiger partial charge in [-0.2, -0.15) is 13.2 Å². The van der Waals surface area contributed by atoms with Gasteiger partial charge in [0.15, 0.2) is 0 Å². The van der Waals surface area contributed by atoms with E-state index in [4.69, 9.17) is 9.15 Å². The van der Waals surface area contributed by atoms with Crippen molar-refractivity contribution in [2.24, 2.45) is 5.92 Å². The third-order valence-electron chi connectivity index (χ3n) is 4.74. The van der Waals surface area contributed by atoms with Crippen LogP contribution in [0.1, 0.15) is 18.7 Å². The molecule has 6 nitrogen and oxygen atoms in total. The zero-order valence-corrected chi connectivity index (χ0v) is 13.0. The van der Waals surface area contributed by atoms with Crippen LogP contribution in [0.5, 0.6) is 5.75 Å². The molecule has 2 aromatic rings. The number of rotatable bonds is 4. The lowest BCUT2D eigenvalue weighted by atomic mass is 9.84. The van der Waals surface area contributed by atoms with Crippen molar-refractivity contribution in [1.82, 2.24) is 15.5 Å². The fourth-order valence-corrected chi connectivity index (χ4v) is 3.65. The van der Waals surface area contributed by atoms with Gasteiger partial charge in [0.1, 0.15) is 5.75 Å². The summed E-state index contributed by atoms with van der Waals surface area (Å²) < 4.78 is 50.7. The number of hydrogen-bond donors (Lipinski definition) is 2. The highest BCUT2D eigenvalue weighted by Gasteiger charge is 2.60. The van der Waals surface area contributed by atoms with E-state index in [1.54, 1.807) is 18.2 Å². The van der Waals surface area contributed by atoms with Crippen molar-refractivity contribution < 1.29 is 27.4 Å². The zero-order valence-electron chi connectivity index (χ0n) is 13.0. The van der Waals surface area contributed by atoms with E-state index in [0.717, 1.165) is 0 Å². The van der Waals surface area contributed by atoms with Crippen molar-refractivity contribution in [2.75, 3.05) is 0 Å². The number of halogens is 3. The van der Waals surface area contributed by atoms with Crippen molar-refractivity contribution in [1.29, 1.82) is 0 Å². The number of nitrogens with one attached hydrogen (secondary N) is 1. The monoisotopic (exact) mass is 355 g/mol. The van der Waals surface area contributed by atoms with Gasteiger partial charge in [-0.05, 0) is 25.0 Å². The fraction of sp³-hybridized carbons (Fsp3) is 0.500. The Labute approximate surface area is 141 Å². The molecule has 25 heavy (non-hydrogen) atoms. The molecule has 4 atom stereocenters. The van der Waals surface area contributed by atoms with Gasteiger partial charge in [-0.1, -0.05) is 12.1 Å². The number of aromatic nitrogens is 2. The van der Waals surface area contributed by atoms with E-state index in [-0.39, 0.29) is 24.1 Å². The van der Waals surface area contributed by atoms with Crippen molar-refractivity contribution in [3.8, 4) is 17.2 Å². The van der Waals surface area contributed by atoms with Crippen LogP contribution in [0.2, 0.25) is 0 Å². The third kappa shape index (κ3) is 2.98. The predicted molar refractivity (Wildman–Crippen MR) is 79.5 cm³/mol.